The van der Waals surface area contributed by atoms with E-state index in [-0.39, 0.29) is 12.3 Å². The molecule has 0 bridgehead atoms. The van der Waals surface area contributed by atoms with Crippen LogP contribution in [0.1, 0.15) is 5.56 Å². The third-order valence-corrected chi connectivity index (χ3v) is 5.24. The van der Waals surface area contributed by atoms with Crippen molar-refractivity contribution in [2.75, 3.05) is 50.6 Å². The number of methoxy groups -OCH3 is 1. The maximum Gasteiger partial charge on any atom is 0.228 e. The Kier molecular flexibility index (Phi) is 5.21. The van der Waals surface area contributed by atoms with Crippen LogP contribution in [0.15, 0.2) is 53.1 Å². The Hall–Kier alpha value is -2.99. The lowest BCUT2D eigenvalue weighted by Crippen LogP contribution is -2.44. The fourth-order valence-corrected chi connectivity index (χ4v) is 3.60. The van der Waals surface area contributed by atoms with Gasteiger partial charge in [0.2, 0.25) is 5.91 Å². The molecule has 0 unspecified atom stereocenters. The first-order valence-electron chi connectivity index (χ1n) is 9.50. The topological polar surface area (TPSA) is 58.0 Å². The van der Waals surface area contributed by atoms with E-state index >= 15 is 0 Å². The highest BCUT2D eigenvalue weighted by Gasteiger charge is 2.18. The smallest absolute Gasteiger partial charge is 0.228 e. The first kappa shape index (κ1) is 18.4. The van der Waals surface area contributed by atoms with E-state index in [1.54, 1.807) is 13.4 Å². The van der Waals surface area contributed by atoms with E-state index in [2.05, 4.69) is 28.2 Å². The molecule has 1 N–H and O–H groups in total. The second-order valence-corrected chi connectivity index (χ2v) is 7.16. The van der Waals surface area contributed by atoms with Gasteiger partial charge in [0.25, 0.3) is 0 Å². The van der Waals surface area contributed by atoms with Gasteiger partial charge in [0.05, 0.1) is 31.2 Å². The van der Waals surface area contributed by atoms with Gasteiger partial charge in [0, 0.05) is 43.2 Å². The maximum atomic E-state index is 12.7. The molecule has 1 fully saturated rings. The van der Waals surface area contributed by atoms with Crippen LogP contribution >= 0.6 is 0 Å². The van der Waals surface area contributed by atoms with Gasteiger partial charge in [-0.05, 0) is 31.3 Å². The lowest BCUT2D eigenvalue weighted by atomic mass is 10.1. The molecule has 6 nitrogen and oxygen atoms in total. The van der Waals surface area contributed by atoms with Crippen molar-refractivity contribution in [3.63, 3.8) is 0 Å². The molecule has 1 aliphatic rings. The standard InChI is InChI=1S/C22H25N3O3/c1-24-9-11-25(12-10-24)20-6-4-3-5-19(20)23-22(26)13-16-15-28-21-14-17(27-2)7-8-18(16)21/h3-8,14-15H,9-13H2,1-2H3,(H,23,26). The van der Waals surface area contributed by atoms with Gasteiger partial charge in [-0.3, -0.25) is 4.79 Å². The molecule has 0 atom stereocenters. The minimum atomic E-state index is -0.0555. The number of nitrogens with zero attached hydrogens (tertiary/aromatic N) is 2. The molecule has 2 heterocycles. The number of hydrogen-bond donors (Lipinski definition) is 1. The molecular weight excluding hydrogens is 354 g/mol. The second kappa shape index (κ2) is 7.94. The van der Waals surface area contributed by atoms with Crippen LogP contribution in [0.2, 0.25) is 0 Å². The van der Waals surface area contributed by atoms with Crippen molar-refractivity contribution < 1.29 is 13.9 Å². The highest BCUT2D eigenvalue weighted by Crippen LogP contribution is 2.28. The Morgan fingerprint density at radius 3 is 2.71 bits per heavy atom. The molecule has 0 spiro atoms. The molecule has 1 saturated heterocycles. The summed E-state index contributed by atoms with van der Waals surface area (Å²) >= 11 is 0. The fourth-order valence-electron chi connectivity index (χ4n) is 3.60. The number of hydrogen-bond acceptors (Lipinski definition) is 5. The number of carbonyl (C=O) groups excluding carboxylic acids is 1. The number of ether oxygens (including phenoxy) is 1. The van der Waals surface area contributed by atoms with E-state index in [0.717, 1.165) is 59.8 Å². The van der Waals surface area contributed by atoms with Crippen LogP contribution in [-0.2, 0) is 11.2 Å². The molecule has 1 aromatic heterocycles. The summed E-state index contributed by atoms with van der Waals surface area (Å²) in [6.45, 7) is 3.95. The molecular formula is C22H25N3O3. The molecule has 28 heavy (non-hydrogen) atoms. The Labute approximate surface area is 164 Å². The van der Waals surface area contributed by atoms with Crippen LogP contribution in [-0.4, -0.2) is 51.1 Å². The molecule has 3 aromatic rings. The van der Waals surface area contributed by atoms with Crippen molar-refractivity contribution in [1.29, 1.82) is 0 Å². The molecule has 0 saturated carbocycles. The Morgan fingerprint density at radius 2 is 1.93 bits per heavy atom. The molecule has 1 amide bonds. The van der Waals surface area contributed by atoms with Gasteiger partial charge in [-0.25, -0.2) is 0 Å². The van der Waals surface area contributed by atoms with E-state index in [1.165, 1.54) is 0 Å². The normalized spacial score (nSPS) is 15.0. The van der Waals surface area contributed by atoms with Crippen molar-refractivity contribution in [2.24, 2.45) is 0 Å². The lowest BCUT2D eigenvalue weighted by molar-refractivity contribution is -0.115. The van der Waals surface area contributed by atoms with Crippen molar-refractivity contribution in [3.8, 4) is 5.75 Å². The summed E-state index contributed by atoms with van der Waals surface area (Å²) < 4.78 is 10.8. The summed E-state index contributed by atoms with van der Waals surface area (Å²) in [6, 6.07) is 13.6. The van der Waals surface area contributed by atoms with Gasteiger partial charge in [-0.1, -0.05) is 12.1 Å². The highest BCUT2D eigenvalue weighted by molar-refractivity contribution is 5.97. The largest absolute Gasteiger partial charge is 0.497 e. The third-order valence-electron chi connectivity index (χ3n) is 5.24. The van der Waals surface area contributed by atoms with Crippen molar-refractivity contribution in [2.45, 2.75) is 6.42 Å². The predicted molar refractivity (Wildman–Crippen MR) is 111 cm³/mol. The summed E-state index contributed by atoms with van der Waals surface area (Å²) in [5.74, 6) is 0.680. The zero-order chi connectivity index (χ0) is 19.5. The van der Waals surface area contributed by atoms with Crippen molar-refractivity contribution >= 4 is 28.3 Å². The minimum Gasteiger partial charge on any atom is -0.497 e. The zero-order valence-electron chi connectivity index (χ0n) is 16.3. The summed E-state index contributed by atoms with van der Waals surface area (Å²) in [4.78, 5) is 17.4. The SMILES string of the molecule is COc1ccc2c(CC(=O)Nc3ccccc3N3CCN(C)CC3)coc2c1. The van der Waals surface area contributed by atoms with Gasteiger partial charge in [-0.2, -0.15) is 0 Å². The molecule has 1 aliphatic heterocycles. The van der Waals surface area contributed by atoms with Crippen molar-refractivity contribution in [3.05, 3.63) is 54.3 Å². The van der Waals surface area contributed by atoms with Crippen LogP contribution in [0.25, 0.3) is 11.0 Å². The van der Waals surface area contributed by atoms with Crippen molar-refractivity contribution in [1.82, 2.24) is 4.90 Å². The monoisotopic (exact) mass is 379 g/mol. The van der Waals surface area contributed by atoms with Gasteiger partial charge in [0.1, 0.15) is 11.3 Å². The van der Waals surface area contributed by atoms with Gasteiger partial charge in [-0.15, -0.1) is 0 Å². The van der Waals surface area contributed by atoms with E-state index in [4.69, 9.17) is 9.15 Å². The lowest BCUT2D eigenvalue weighted by Gasteiger charge is -2.35. The van der Waals surface area contributed by atoms with Crippen LogP contribution < -0.4 is 15.0 Å². The van der Waals surface area contributed by atoms with Crippen LogP contribution in [0.4, 0.5) is 11.4 Å². The van der Waals surface area contributed by atoms with Crippen LogP contribution in [0.5, 0.6) is 5.75 Å². The molecule has 6 heteroatoms. The Bertz CT molecular complexity index is 974. The number of furan rings is 1. The average molecular weight is 379 g/mol. The molecule has 4 rings (SSSR count). The first-order valence-corrected chi connectivity index (χ1v) is 9.50. The summed E-state index contributed by atoms with van der Waals surface area (Å²) in [5.41, 5.74) is 3.52. The van der Waals surface area contributed by atoms with Gasteiger partial charge in [0.15, 0.2) is 0 Å². The number of para-hydroxylation sites is 2. The number of piperazine rings is 1. The molecule has 146 valence electrons. The predicted octanol–water partition coefficient (Wildman–Crippen LogP) is 3.37. The molecule has 0 aliphatic carbocycles. The molecule has 0 radical (unpaired) electrons. The summed E-state index contributed by atoms with van der Waals surface area (Å²) in [5, 5.41) is 4.02. The summed E-state index contributed by atoms with van der Waals surface area (Å²) in [6.07, 6.45) is 1.91. The van der Waals surface area contributed by atoms with Gasteiger partial charge >= 0.3 is 0 Å². The number of nitrogens with one attached hydrogen (secondary N) is 1. The van der Waals surface area contributed by atoms with E-state index in [0.29, 0.717) is 0 Å². The number of fused-ring (bicyclic) bond motifs is 1. The minimum absolute atomic E-state index is 0.0555. The number of rotatable bonds is 5. The Morgan fingerprint density at radius 1 is 1.14 bits per heavy atom. The quantitative estimate of drug-likeness (QED) is 0.737. The first-order chi connectivity index (χ1) is 13.6. The van der Waals surface area contributed by atoms with E-state index in [1.807, 2.05) is 36.4 Å². The van der Waals surface area contributed by atoms with Crippen LogP contribution in [0.3, 0.4) is 0 Å². The third kappa shape index (κ3) is 3.82. The second-order valence-electron chi connectivity index (χ2n) is 7.16. The van der Waals surface area contributed by atoms with E-state index < -0.39 is 0 Å². The Balaban J connectivity index is 1.49. The molecule has 2 aromatic carbocycles. The summed E-state index contributed by atoms with van der Waals surface area (Å²) in [7, 11) is 3.76. The number of anilines is 2. The van der Waals surface area contributed by atoms with Gasteiger partial charge < -0.3 is 24.3 Å². The maximum absolute atomic E-state index is 12.7. The zero-order valence-corrected chi connectivity index (χ0v) is 16.3. The number of amides is 1. The van der Waals surface area contributed by atoms with E-state index in [9.17, 15) is 4.79 Å². The number of carbonyl (C=O) groups is 1. The fraction of sp³-hybridized carbons (Fsp3) is 0.318. The highest BCUT2D eigenvalue weighted by atomic mass is 16.5. The van der Waals surface area contributed by atoms with Crippen LogP contribution in [0, 0.1) is 0 Å². The average Bonchev–Trinajstić information content (AvgIpc) is 3.11. The number of likely N-dealkylation sites (N-methyl/N-ethyl adjacent to an activating group) is 1. The number of benzene rings is 2.